The standard InChI is InChI=1S/C10H9BrO4/c11-8-1-7-4-14-5-15-9(7)2-6(8)3-10(12)13/h1-2H,3-5H2,(H,12,13). The van der Waals surface area contributed by atoms with Gasteiger partial charge >= 0.3 is 5.97 Å². The molecule has 0 bridgehead atoms. The highest BCUT2D eigenvalue weighted by molar-refractivity contribution is 9.10. The van der Waals surface area contributed by atoms with Crippen LogP contribution >= 0.6 is 15.9 Å². The second kappa shape index (κ2) is 4.20. The van der Waals surface area contributed by atoms with Gasteiger partial charge in [0.15, 0.2) is 6.79 Å². The van der Waals surface area contributed by atoms with Gasteiger partial charge in [-0.2, -0.15) is 0 Å². The van der Waals surface area contributed by atoms with Gasteiger partial charge in [0.25, 0.3) is 0 Å². The molecule has 80 valence electrons. The minimum absolute atomic E-state index is 0.0158. The summed E-state index contributed by atoms with van der Waals surface area (Å²) in [6.07, 6.45) is -0.0158. The number of halogens is 1. The topological polar surface area (TPSA) is 55.8 Å². The largest absolute Gasteiger partial charge is 0.481 e. The molecule has 0 fully saturated rings. The van der Waals surface area contributed by atoms with Crippen LogP contribution < -0.4 is 4.74 Å². The molecule has 2 rings (SSSR count). The molecule has 1 aromatic rings. The summed E-state index contributed by atoms with van der Waals surface area (Å²) in [5.74, 6) is -0.150. The molecule has 0 amide bonds. The number of aliphatic carboxylic acids is 1. The molecule has 0 aliphatic carbocycles. The van der Waals surface area contributed by atoms with Gasteiger partial charge in [-0.05, 0) is 17.7 Å². The van der Waals surface area contributed by atoms with Gasteiger partial charge in [-0.15, -0.1) is 0 Å². The lowest BCUT2D eigenvalue weighted by Crippen LogP contribution is -2.12. The first-order valence-corrected chi connectivity index (χ1v) is 5.20. The van der Waals surface area contributed by atoms with Gasteiger partial charge in [0.2, 0.25) is 0 Å². The van der Waals surface area contributed by atoms with Gasteiger partial charge in [-0.1, -0.05) is 15.9 Å². The lowest BCUT2D eigenvalue weighted by Gasteiger charge is -2.19. The molecule has 0 atom stereocenters. The van der Waals surface area contributed by atoms with Crippen LogP contribution in [0.2, 0.25) is 0 Å². The molecule has 0 radical (unpaired) electrons. The van der Waals surface area contributed by atoms with Crippen LogP contribution in [0.3, 0.4) is 0 Å². The van der Waals surface area contributed by atoms with Crippen molar-refractivity contribution in [2.75, 3.05) is 6.79 Å². The zero-order chi connectivity index (χ0) is 10.8. The average Bonchev–Trinajstić information content (AvgIpc) is 2.18. The Bertz CT molecular complexity index is 403. The summed E-state index contributed by atoms with van der Waals surface area (Å²) >= 11 is 3.33. The summed E-state index contributed by atoms with van der Waals surface area (Å²) in [5.41, 5.74) is 1.64. The first kappa shape index (κ1) is 10.4. The third-order valence-electron chi connectivity index (χ3n) is 2.13. The Balaban J connectivity index is 2.36. The zero-order valence-electron chi connectivity index (χ0n) is 7.83. The van der Waals surface area contributed by atoms with Crippen LogP contribution in [0.15, 0.2) is 16.6 Å². The van der Waals surface area contributed by atoms with Crippen LogP contribution in [-0.4, -0.2) is 17.9 Å². The fourth-order valence-corrected chi connectivity index (χ4v) is 1.97. The van der Waals surface area contributed by atoms with E-state index in [1.54, 1.807) is 6.07 Å². The maximum Gasteiger partial charge on any atom is 0.307 e. The SMILES string of the molecule is O=C(O)Cc1cc2c(cc1Br)COCO2. The Morgan fingerprint density at radius 2 is 2.33 bits per heavy atom. The highest BCUT2D eigenvalue weighted by atomic mass is 79.9. The van der Waals surface area contributed by atoms with E-state index in [0.717, 1.165) is 10.0 Å². The van der Waals surface area contributed by atoms with E-state index in [0.29, 0.717) is 17.9 Å². The van der Waals surface area contributed by atoms with E-state index < -0.39 is 5.97 Å². The lowest BCUT2D eigenvalue weighted by atomic mass is 10.1. The van der Waals surface area contributed by atoms with E-state index in [4.69, 9.17) is 14.6 Å². The van der Waals surface area contributed by atoms with Gasteiger partial charge in [0.1, 0.15) is 5.75 Å². The number of hydrogen-bond acceptors (Lipinski definition) is 3. The summed E-state index contributed by atoms with van der Waals surface area (Å²) in [5, 5.41) is 8.71. The number of hydrogen-bond donors (Lipinski definition) is 1. The van der Waals surface area contributed by atoms with Gasteiger partial charge in [0, 0.05) is 10.0 Å². The van der Waals surface area contributed by atoms with Crippen LogP contribution in [0.5, 0.6) is 5.75 Å². The number of benzene rings is 1. The second-order valence-electron chi connectivity index (χ2n) is 3.23. The monoisotopic (exact) mass is 272 g/mol. The van der Waals surface area contributed by atoms with E-state index in [1.165, 1.54) is 0 Å². The minimum Gasteiger partial charge on any atom is -0.481 e. The summed E-state index contributed by atoms with van der Waals surface area (Å²) in [6.45, 7) is 0.725. The summed E-state index contributed by atoms with van der Waals surface area (Å²) in [4.78, 5) is 10.6. The zero-order valence-corrected chi connectivity index (χ0v) is 9.41. The van der Waals surface area contributed by atoms with Crippen molar-refractivity contribution in [3.05, 3.63) is 27.7 Å². The summed E-state index contributed by atoms with van der Waals surface area (Å²) in [7, 11) is 0. The molecule has 1 aromatic carbocycles. The van der Waals surface area contributed by atoms with E-state index in [9.17, 15) is 4.79 Å². The van der Waals surface area contributed by atoms with Crippen LogP contribution in [0.1, 0.15) is 11.1 Å². The minimum atomic E-state index is -0.859. The van der Waals surface area contributed by atoms with Crippen LogP contribution in [-0.2, 0) is 22.6 Å². The van der Waals surface area contributed by atoms with E-state index in [1.807, 2.05) is 6.07 Å². The molecular formula is C10H9BrO4. The maximum atomic E-state index is 10.6. The summed E-state index contributed by atoms with van der Waals surface area (Å²) in [6, 6.07) is 3.59. The Hall–Kier alpha value is -1.07. The molecule has 1 N–H and O–H groups in total. The Morgan fingerprint density at radius 3 is 3.07 bits per heavy atom. The van der Waals surface area contributed by atoms with Crippen LogP contribution in [0, 0.1) is 0 Å². The molecule has 0 aromatic heterocycles. The Kier molecular flexibility index (Phi) is 2.93. The predicted molar refractivity (Wildman–Crippen MR) is 55.8 cm³/mol. The van der Waals surface area contributed by atoms with Crippen molar-refractivity contribution in [2.45, 2.75) is 13.0 Å². The Labute approximate surface area is 94.9 Å². The van der Waals surface area contributed by atoms with E-state index >= 15 is 0 Å². The first-order valence-electron chi connectivity index (χ1n) is 4.40. The van der Waals surface area contributed by atoms with Gasteiger partial charge < -0.3 is 14.6 Å². The normalized spacial score (nSPS) is 14.2. The van der Waals surface area contributed by atoms with Gasteiger partial charge in [0.05, 0.1) is 13.0 Å². The fourth-order valence-electron chi connectivity index (χ4n) is 1.44. The maximum absolute atomic E-state index is 10.6. The first-order chi connectivity index (χ1) is 7.16. The Morgan fingerprint density at radius 1 is 1.53 bits per heavy atom. The molecule has 0 saturated carbocycles. The van der Waals surface area contributed by atoms with Crippen molar-refractivity contribution in [3.8, 4) is 5.75 Å². The quantitative estimate of drug-likeness (QED) is 0.894. The number of fused-ring (bicyclic) bond motifs is 1. The van der Waals surface area contributed by atoms with Crippen molar-refractivity contribution >= 4 is 21.9 Å². The molecule has 5 heteroatoms. The number of carboxylic acids is 1. The summed E-state index contributed by atoms with van der Waals surface area (Å²) < 4.78 is 11.2. The molecule has 0 unspecified atom stereocenters. The van der Waals surface area contributed by atoms with Gasteiger partial charge in [-0.3, -0.25) is 4.79 Å². The van der Waals surface area contributed by atoms with Crippen molar-refractivity contribution in [2.24, 2.45) is 0 Å². The molecule has 4 nitrogen and oxygen atoms in total. The highest BCUT2D eigenvalue weighted by Crippen LogP contribution is 2.30. The highest BCUT2D eigenvalue weighted by Gasteiger charge is 2.15. The molecule has 0 spiro atoms. The smallest absolute Gasteiger partial charge is 0.307 e. The number of carboxylic acid groups (broad SMARTS) is 1. The third-order valence-corrected chi connectivity index (χ3v) is 2.86. The molecule has 0 saturated heterocycles. The molecule has 1 heterocycles. The lowest BCUT2D eigenvalue weighted by molar-refractivity contribution is -0.136. The predicted octanol–water partition coefficient (Wildman–Crippen LogP) is 1.94. The molecule has 1 aliphatic heterocycles. The molecular weight excluding hydrogens is 264 g/mol. The third kappa shape index (κ3) is 2.30. The van der Waals surface area contributed by atoms with E-state index in [2.05, 4.69) is 15.9 Å². The number of rotatable bonds is 2. The second-order valence-corrected chi connectivity index (χ2v) is 4.09. The van der Waals surface area contributed by atoms with Gasteiger partial charge in [-0.25, -0.2) is 0 Å². The molecule has 15 heavy (non-hydrogen) atoms. The number of ether oxygens (including phenoxy) is 2. The fraction of sp³-hybridized carbons (Fsp3) is 0.300. The molecule has 1 aliphatic rings. The van der Waals surface area contributed by atoms with Crippen molar-refractivity contribution in [1.82, 2.24) is 0 Å². The van der Waals surface area contributed by atoms with Crippen LogP contribution in [0.25, 0.3) is 0 Å². The van der Waals surface area contributed by atoms with E-state index in [-0.39, 0.29) is 13.2 Å². The van der Waals surface area contributed by atoms with Crippen molar-refractivity contribution < 1.29 is 19.4 Å². The van der Waals surface area contributed by atoms with Crippen molar-refractivity contribution in [3.63, 3.8) is 0 Å². The van der Waals surface area contributed by atoms with Crippen LogP contribution in [0.4, 0.5) is 0 Å². The average molecular weight is 273 g/mol. The van der Waals surface area contributed by atoms with Crippen molar-refractivity contribution in [1.29, 1.82) is 0 Å². The number of carbonyl (C=O) groups is 1.